The Morgan fingerprint density at radius 1 is 1.10 bits per heavy atom. The van der Waals surface area contributed by atoms with E-state index in [0.29, 0.717) is 46.2 Å². The Bertz CT molecular complexity index is 1700. The fourth-order valence-electron chi connectivity index (χ4n) is 4.49. The van der Waals surface area contributed by atoms with Crippen molar-refractivity contribution in [2.24, 2.45) is 0 Å². The summed E-state index contributed by atoms with van der Waals surface area (Å²) in [5, 5.41) is 25.8. The maximum Gasteiger partial charge on any atom is 0.270 e. The molecule has 0 aliphatic carbocycles. The largest absolute Gasteiger partial charge is 0.490 e. The Morgan fingerprint density at radius 2 is 1.93 bits per heavy atom. The number of nitro groups is 1. The first kappa shape index (κ1) is 27.2. The number of non-ortho nitro benzene ring substituents is 1. The lowest BCUT2D eigenvalue weighted by atomic mass is 10.1. The standard InChI is InChI=1S/C31H25N3O7/c1-2-39-29-13-20(12-22(16-32)31(35)33-27-9-5-7-21-6-3-4-8-26(21)27)10-11-28(29)40-18-24-15-25(34(36)37)14-23-17-38-19-41-30(23)24/h3-15H,2,17-19H2,1H3,(H,33,35)/b22-12+. The topological polar surface area (TPSA) is 133 Å². The molecule has 0 saturated heterocycles. The van der Waals surface area contributed by atoms with E-state index >= 15 is 0 Å². The first-order chi connectivity index (χ1) is 20.0. The SMILES string of the molecule is CCOc1cc(/C=C(\C#N)C(=O)Nc2cccc3ccccc23)ccc1OCc1cc([N+](=O)[O-])cc2c1OCOC2. The van der Waals surface area contributed by atoms with Gasteiger partial charge in [-0.05, 0) is 42.1 Å². The summed E-state index contributed by atoms with van der Waals surface area (Å²) in [6.07, 6.45) is 1.47. The number of carbonyl (C=O) groups excluding carboxylic acids is 1. The lowest BCUT2D eigenvalue weighted by molar-refractivity contribution is -0.385. The summed E-state index contributed by atoms with van der Waals surface area (Å²) < 4.78 is 22.6. The fourth-order valence-corrected chi connectivity index (χ4v) is 4.49. The highest BCUT2D eigenvalue weighted by Gasteiger charge is 2.22. The van der Waals surface area contributed by atoms with Gasteiger partial charge in [0.05, 0.1) is 18.1 Å². The minimum Gasteiger partial charge on any atom is -0.490 e. The third-order valence-electron chi connectivity index (χ3n) is 6.35. The molecule has 4 aromatic carbocycles. The number of carbonyl (C=O) groups is 1. The number of hydrogen-bond donors (Lipinski definition) is 1. The van der Waals surface area contributed by atoms with E-state index in [1.54, 1.807) is 24.3 Å². The van der Waals surface area contributed by atoms with Gasteiger partial charge in [0.1, 0.15) is 24.0 Å². The van der Waals surface area contributed by atoms with Gasteiger partial charge in [-0.1, -0.05) is 42.5 Å². The molecule has 0 aromatic heterocycles. The molecule has 0 spiro atoms. The zero-order valence-corrected chi connectivity index (χ0v) is 22.1. The molecule has 41 heavy (non-hydrogen) atoms. The zero-order valence-electron chi connectivity index (χ0n) is 22.1. The van der Waals surface area contributed by atoms with Crippen molar-refractivity contribution in [2.45, 2.75) is 20.1 Å². The summed E-state index contributed by atoms with van der Waals surface area (Å²) in [5.41, 5.74) is 2.05. The number of nitriles is 1. The number of benzene rings is 4. The minimum absolute atomic E-state index is 0.0177. The van der Waals surface area contributed by atoms with Gasteiger partial charge in [0.2, 0.25) is 0 Å². The fraction of sp³-hybridized carbons (Fsp3) is 0.161. The number of amides is 1. The van der Waals surface area contributed by atoms with Crippen molar-refractivity contribution in [3.63, 3.8) is 0 Å². The van der Waals surface area contributed by atoms with Crippen LogP contribution in [0.3, 0.4) is 0 Å². The van der Waals surface area contributed by atoms with E-state index in [2.05, 4.69) is 5.32 Å². The Balaban J connectivity index is 1.37. The Hall–Kier alpha value is -5.40. The second-order valence-corrected chi connectivity index (χ2v) is 9.04. The molecule has 0 atom stereocenters. The van der Waals surface area contributed by atoms with Crippen LogP contribution in [0, 0.1) is 21.4 Å². The molecule has 1 aliphatic heterocycles. The molecule has 0 saturated carbocycles. The van der Waals surface area contributed by atoms with Gasteiger partial charge in [-0.2, -0.15) is 5.26 Å². The minimum atomic E-state index is -0.540. The zero-order chi connectivity index (χ0) is 28.8. The third kappa shape index (κ3) is 6.11. The average Bonchev–Trinajstić information content (AvgIpc) is 2.99. The number of nitrogens with one attached hydrogen (secondary N) is 1. The van der Waals surface area contributed by atoms with Crippen molar-refractivity contribution in [3.05, 3.63) is 105 Å². The van der Waals surface area contributed by atoms with Crippen LogP contribution in [0.15, 0.2) is 78.4 Å². The summed E-state index contributed by atoms with van der Waals surface area (Å²) in [6.45, 7) is 2.37. The highest BCUT2D eigenvalue weighted by Crippen LogP contribution is 2.35. The van der Waals surface area contributed by atoms with Crippen molar-refractivity contribution in [2.75, 3.05) is 18.7 Å². The molecular weight excluding hydrogens is 526 g/mol. The molecule has 0 bridgehead atoms. The van der Waals surface area contributed by atoms with Crippen LogP contribution in [0.2, 0.25) is 0 Å². The van der Waals surface area contributed by atoms with Crippen molar-refractivity contribution < 1.29 is 28.7 Å². The monoisotopic (exact) mass is 551 g/mol. The van der Waals surface area contributed by atoms with Crippen LogP contribution in [0.1, 0.15) is 23.6 Å². The van der Waals surface area contributed by atoms with Gasteiger partial charge < -0.3 is 24.3 Å². The highest BCUT2D eigenvalue weighted by atomic mass is 16.7. The third-order valence-corrected chi connectivity index (χ3v) is 6.35. The van der Waals surface area contributed by atoms with E-state index in [1.165, 1.54) is 18.2 Å². The molecule has 10 nitrogen and oxygen atoms in total. The van der Waals surface area contributed by atoms with Crippen LogP contribution in [-0.2, 0) is 22.7 Å². The van der Waals surface area contributed by atoms with E-state index in [4.69, 9.17) is 18.9 Å². The first-order valence-electron chi connectivity index (χ1n) is 12.8. The number of rotatable bonds is 9. The molecule has 1 heterocycles. The molecular formula is C31H25N3O7. The lowest BCUT2D eigenvalue weighted by Gasteiger charge is -2.21. The van der Waals surface area contributed by atoms with Crippen molar-refractivity contribution in [1.29, 1.82) is 5.26 Å². The molecule has 10 heteroatoms. The highest BCUT2D eigenvalue weighted by molar-refractivity contribution is 6.12. The van der Waals surface area contributed by atoms with Crippen LogP contribution in [-0.4, -0.2) is 24.2 Å². The number of anilines is 1. The van der Waals surface area contributed by atoms with Crippen LogP contribution in [0.4, 0.5) is 11.4 Å². The van der Waals surface area contributed by atoms with E-state index in [9.17, 15) is 20.2 Å². The summed E-state index contributed by atoms with van der Waals surface area (Å²) in [7, 11) is 0. The molecule has 0 unspecified atom stereocenters. The second-order valence-electron chi connectivity index (χ2n) is 9.04. The molecule has 0 radical (unpaired) electrons. The van der Waals surface area contributed by atoms with Crippen LogP contribution in [0.5, 0.6) is 17.2 Å². The van der Waals surface area contributed by atoms with Crippen molar-refractivity contribution in [1.82, 2.24) is 0 Å². The maximum absolute atomic E-state index is 13.0. The summed E-state index contributed by atoms with van der Waals surface area (Å²) in [6, 6.07) is 23.0. The van der Waals surface area contributed by atoms with Gasteiger partial charge in [-0.25, -0.2) is 0 Å². The Morgan fingerprint density at radius 3 is 2.73 bits per heavy atom. The number of nitrogens with zero attached hydrogens (tertiary/aromatic N) is 2. The van der Waals surface area contributed by atoms with E-state index in [1.807, 2.05) is 49.4 Å². The van der Waals surface area contributed by atoms with Gasteiger partial charge in [0.15, 0.2) is 18.3 Å². The van der Waals surface area contributed by atoms with Gasteiger partial charge in [0.25, 0.3) is 11.6 Å². The molecule has 1 aliphatic rings. The smallest absolute Gasteiger partial charge is 0.270 e. The number of ether oxygens (including phenoxy) is 4. The molecule has 1 N–H and O–H groups in total. The molecule has 206 valence electrons. The maximum atomic E-state index is 13.0. The van der Waals surface area contributed by atoms with E-state index in [0.717, 1.165) is 10.8 Å². The van der Waals surface area contributed by atoms with Gasteiger partial charge in [0, 0.05) is 34.3 Å². The molecule has 5 rings (SSSR count). The van der Waals surface area contributed by atoms with Gasteiger partial charge >= 0.3 is 0 Å². The molecule has 0 fully saturated rings. The predicted octanol–water partition coefficient (Wildman–Crippen LogP) is 6.14. The van der Waals surface area contributed by atoms with Gasteiger partial charge in [-0.3, -0.25) is 14.9 Å². The summed E-state index contributed by atoms with van der Waals surface area (Å²) in [5.74, 6) is 0.725. The van der Waals surface area contributed by atoms with Gasteiger partial charge in [-0.15, -0.1) is 0 Å². The first-order valence-corrected chi connectivity index (χ1v) is 12.8. The normalized spacial score (nSPS) is 12.5. The van der Waals surface area contributed by atoms with Crippen molar-refractivity contribution in [3.8, 4) is 23.3 Å². The number of hydrogen-bond acceptors (Lipinski definition) is 8. The predicted molar refractivity (Wildman–Crippen MR) is 151 cm³/mol. The lowest BCUT2D eigenvalue weighted by Crippen LogP contribution is -2.14. The Kier molecular flexibility index (Phi) is 8.08. The van der Waals surface area contributed by atoms with Crippen LogP contribution < -0.4 is 19.5 Å². The summed E-state index contributed by atoms with van der Waals surface area (Å²) in [4.78, 5) is 23.9. The molecule has 4 aromatic rings. The number of nitro benzene ring substituents is 1. The quantitative estimate of drug-likeness (QED) is 0.114. The average molecular weight is 552 g/mol. The van der Waals surface area contributed by atoms with Crippen molar-refractivity contribution >= 4 is 34.1 Å². The van der Waals surface area contributed by atoms with Crippen LogP contribution in [0.25, 0.3) is 16.8 Å². The Labute approximate surface area is 235 Å². The summed E-state index contributed by atoms with van der Waals surface area (Å²) >= 11 is 0. The second kappa shape index (κ2) is 12.2. The van der Waals surface area contributed by atoms with E-state index in [-0.39, 0.29) is 31.3 Å². The molecule has 1 amide bonds. The number of fused-ring (bicyclic) bond motifs is 2. The van der Waals surface area contributed by atoms with Crippen LogP contribution >= 0.6 is 0 Å². The van der Waals surface area contributed by atoms with E-state index < -0.39 is 10.8 Å².